The molecule has 0 radical (unpaired) electrons. The van der Waals surface area contributed by atoms with Crippen LogP contribution in [0.5, 0.6) is 0 Å². The second kappa shape index (κ2) is 8.62. The monoisotopic (exact) mass is 467 g/mol. The number of carbonyl (C=O) groups excluding carboxylic acids is 1. The topological polar surface area (TPSA) is 104 Å². The number of aryl methyl sites for hydroxylation is 1. The van der Waals surface area contributed by atoms with E-state index in [1.807, 2.05) is 56.0 Å². The minimum absolute atomic E-state index is 0.00235. The van der Waals surface area contributed by atoms with Crippen LogP contribution in [0.3, 0.4) is 0 Å². The molecule has 33 heavy (non-hydrogen) atoms. The van der Waals surface area contributed by atoms with E-state index in [1.54, 1.807) is 12.1 Å². The van der Waals surface area contributed by atoms with Crippen molar-refractivity contribution >= 4 is 38.4 Å². The number of hydrogen-bond donors (Lipinski definition) is 2. The van der Waals surface area contributed by atoms with Gasteiger partial charge < -0.3 is 15.5 Å². The zero-order valence-electron chi connectivity index (χ0n) is 19.3. The van der Waals surface area contributed by atoms with Crippen molar-refractivity contribution in [3.8, 4) is 0 Å². The lowest BCUT2D eigenvalue weighted by molar-refractivity contribution is -0.120. The van der Waals surface area contributed by atoms with Gasteiger partial charge in [0, 0.05) is 31.9 Å². The number of nitrogens with zero attached hydrogens (tertiary/aromatic N) is 3. The Labute approximate surface area is 194 Å². The number of benzene rings is 2. The SMILES string of the molecule is CC(=O)NC(C)(C)CNc1nc(N2CCS(=O)(=O)c3ccccc3C2)nc2ccc(C)cc12. The molecule has 2 heterocycles. The minimum atomic E-state index is -3.37. The van der Waals surface area contributed by atoms with Crippen molar-refractivity contribution in [2.24, 2.45) is 0 Å². The second-order valence-corrected chi connectivity index (χ2v) is 11.2. The van der Waals surface area contributed by atoms with Crippen LogP contribution in [0.1, 0.15) is 31.9 Å². The Morgan fingerprint density at radius 1 is 1.15 bits per heavy atom. The molecule has 0 spiro atoms. The van der Waals surface area contributed by atoms with E-state index >= 15 is 0 Å². The van der Waals surface area contributed by atoms with Crippen molar-refractivity contribution < 1.29 is 13.2 Å². The summed E-state index contributed by atoms with van der Waals surface area (Å²) in [6.45, 7) is 8.54. The highest BCUT2D eigenvalue weighted by atomic mass is 32.2. The molecule has 2 aromatic carbocycles. The van der Waals surface area contributed by atoms with Crippen LogP contribution >= 0.6 is 0 Å². The highest BCUT2D eigenvalue weighted by Gasteiger charge is 2.27. The molecule has 2 N–H and O–H groups in total. The number of rotatable bonds is 5. The molecule has 9 heteroatoms. The van der Waals surface area contributed by atoms with Gasteiger partial charge in [-0.2, -0.15) is 4.98 Å². The number of sulfone groups is 1. The summed E-state index contributed by atoms with van der Waals surface area (Å²) in [4.78, 5) is 23.4. The molecular formula is C24H29N5O3S. The third kappa shape index (κ3) is 5.08. The smallest absolute Gasteiger partial charge is 0.228 e. The van der Waals surface area contributed by atoms with E-state index < -0.39 is 15.4 Å². The van der Waals surface area contributed by atoms with Gasteiger partial charge in [0.2, 0.25) is 11.9 Å². The van der Waals surface area contributed by atoms with E-state index in [9.17, 15) is 13.2 Å². The van der Waals surface area contributed by atoms with Crippen molar-refractivity contribution in [2.75, 3.05) is 29.1 Å². The van der Waals surface area contributed by atoms with Crippen LogP contribution in [-0.4, -0.2) is 48.7 Å². The van der Waals surface area contributed by atoms with Gasteiger partial charge in [-0.25, -0.2) is 13.4 Å². The lowest BCUT2D eigenvalue weighted by Crippen LogP contribution is -2.47. The zero-order chi connectivity index (χ0) is 23.8. The van der Waals surface area contributed by atoms with E-state index in [4.69, 9.17) is 9.97 Å². The number of hydrogen-bond acceptors (Lipinski definition) is 7. The van der Waals surface area contributed by atoms with Crippen molar-refractivity contribution in [2.45, 2.75) is 44.7 Å². The second-order valence-electron chi connectivity index (χ2n) is 9.16. The maximum atomic E-state index is 12.8. The van der Waals surface area contributed by atoms with Gasteiger partial charge in [0.25, 0.3) is 0 Å². The number of nitrogens with one attached hydrogen (secondary N) is 2. The van der Waals surface area contributed by atoms with Crippen LogP contribution in [0.15, 0.2) is 47.4 Å². The molecule has 0 fully saturated rings. The lowest BCUT2D eigenvalue weighted by atomic mass is 10.1. The van der Waals surface area contributed by atoms with E-state index in [-0.39, 0.29) is 11.7 Å². The predicted molar refractivity (Wildman–Crippen MR) is 130 cm³/mol. The standard InChI is InChI=1S/C24H29N5O3S/c1-16-9-10-20-19(13-16)22(25-15-24(3,4)28-17(2)30)27-23(26-20)29-11-12-33(31,32)21-8-6-5-7-18(21)14-29/h5-10,13H,11-12,14-15H2,1-4H3,(H,28,30)(H,25,26,27). The van der Waals surface area contributed by atoms with E-state index in [2.05, 4.69) is 10.6 Å². The number of anilines is 2. The molecular weight excluding hydrogens is 438 g/mol. The van der Waals surface area contributed by atoms with Gasteiger partial charge in [-0.3, -0.25) is 4.79 Å². The molecule has 0 aliphatic carbocycles. The van der Waals surface area contributed by atoms with Crippen LogP contribution in [-0.2, 0) is 21.2 Å². The van der Waals surface area contributed by atoms with Gasteiger partial charge in [0.1, 0.15) is 5.82 Å². The van der Waals surface area contributed by atoms with Crippen LogP contribution in [0, 0.1) is 6.92 Å². The summed E-state index contributed by atoms with van der Waals surface area (Å²) < 4.78 is 25.5. The van der Waals surface area contributed by atoms with Gasteiger partial charge in [-0.15, -0.1) is 0 Å². The fourth-order valence-electron chi connectivity index (χ4n) is 4.07. The van der Waals surface area contributed by atoms with Gasteiger partial charge in [-0.05, 0) is 44.5 Å². The van der Waals surface area contributed by atoms with Crippen LogP contribution < -0.4 is 15.5 Å². The third-order valence-corrected chi connectivity index (χ3v) is 7.42. The largest absolute Gasteiger partial charge is 0.367 e. The zero-order valence-corrected chi connectivity index (χ0v) is 20.2. The molecule has 1 aromatic heterocycles. The maximum Gasteiger partial charge on any atom is 0.228 e. The molecule has 3 aromatic rings. The fraction of sp³-hybridized carbons (Fsp3) is 0.375. The fourth-order valence-corrected chi connectivity index (χ4v) is 5.56. The quantitative estimate of drug-likeness (QED) is 0.594. The summed E-state index contributed by atoms with van der Waals surface area (Å²) in [5, 5.41) is 7.19. The summed E-state index contributed by atoms with van der Waals surface area (Å²) >= 11 is 0. The first kappa shape index (κ1) is 23.0. The van der Waals surface area contributed by atoms with E-state index in [0.29, 0.717) is 36.3 Å². The Morgan fingerprint density at radius 2 is 1.91 bits per heavy atom. The first-order valence-corrected chi connectivity index (χ1v) is 12.6. The van der Waals surface area contributed by atoms with Crippen LogP contribution in [0.2, 0.25) is 0 Å². The number of aromatic nitrogens is 2. The number of amides is 1. The summed E-state index contributed by atoms with van der Waals surface area (Å²) in [5.74, 6) is 1.02. The van der Waals surface area contributed by atoms with Crippen molar-refractivity contribution in [1.82, 2.24) is 15.3 Å². The summed E-state index contributed by atoms with van der Waals surface area (Å²) in [5.41, 5.74) is 2.11. The van der Waals surface area contributed by atoms with Crippen LogP contribution in [0.4, 0.5) is 11.8 Å². The first-order chi connectivity index (χ1) is 15.5. The van der Waals surface area contributed by atoms with E-state index in [0.717, 1.165) is 22.0 Å². The Morgan fingerprint density at radius 3 is 2.67 bits per heavy atom. The minimum Gasteiger partial charge on any atom is -0.367 e. The maximum absolute atomic E-state index is 12.8. The molecule has 8 nitrogen and oxygen atoms in total. The molecule has 1 amide bonds. The molecule has 0 saturated carbocycles. The molecule has 0 unspecified atom stereocenters. The molecule has 0 atom stereocenters. The normalized spacial score (nSPS) is 15.6. The van der Waals surface area contributed by atoms with Gasteiger partial charge >= 0.3 is 0 Å². The highest BCUT2D eigenvalue weighted by Crippen LogP contribution is 2.29. The van der Waals surface area contributed by atoms with Crippen LogP contribution in [0.25, 0.3) is 10.9 Å². The average molecular weight is 468 g/mol. The Balaban J connectivity index is 1.73. The Bertz CT molecular complexity index is 1320. The number of fused-ring (bicyclic) bond motifs is 2. The van der Waals surface area contributed by atoms with Crippen molar-refractivity contribution in [3.05, 3.63) is 53.6 Å². The first-order valence-electron chi connectivity index (χ1n) is 10.9. The molecule has 174 valence electrons. The summed E-state index contributed by atoms with van der Waals surface area (Å²) in [7, 11) is -3.37. The van der Waals surface area contributed by atoms with Gasteiger partial charge in [0.05, 0.1) is 21.7 Å². The average Bonchev–Trinajstić information content (AvgIpc) is 2.87. The molecule has 4 rings (SSSR count). The Kier molecular flexibility index (Phi) is 6.00. The molecule has 0 saturated heterocycles. The highest BCUT2D eigenvalue weighted by molar-refractivity contribution is 7.91. The summed E-state index contributed by atoms with van der Waals surface area (Å²) in [6, 6.07) is 13.1. The number of carbonyl (C=O) groups is 1. The predicted octanol–water partition coefficient (Wildman–Crippen LogP) is 3.06. The molecule has 1 aliphatic heterocycles. The van der Waals surface area contributed by atoms with Gasteiger partial charge in [0.15, 0.2) is 9.84 Å². The summed E-state index contributed by atoms with van der Waals surface area (Å²) in [6.07, 6.45) is 0. The van der Waals surface area contributed by atoms with Gasteiger partial charge in [-0.1, -0.05) is 29.8 Å². The lowest BCUT2D eigenvalue weighted by Gasteiger charge is -2.27. The molecule has 1 aliphatic rings. The Hall–Kier alpha value is -3.20. The van der Waals surface area contributed by atoms with Crippen molar-refractivity contribution in [1.29, 1.82) is 0 Å². The third-order valence-electron chi connectivity index (χ3n) is 5.63. The molecule has 0 bridgehead atoms. The van der Waals surface area contributed by atoms with Crippen molar-refractivity contribution in [3.63, 3.8) is 0 Å². The van der Waals surface area contributed by atoms with E-state index in [1.165, 1.54) is 6.92 Å².